The van der Waals surface area contributed by atoms with E-state index in [-0.39, 0.29) is 0 Å². The molecule has 0 heterocycles. The van der Waals surface area contributed by atoms with Gasteiger partial charge in [-0.15, -0.1) is 0 Å². The third-order valence-electron chi connectivity index (χ3n) is 11.4. The van der Waals surface area contributed by atoms with Crippen LogP contribution in [0.5, 0.6) is 0 Å². The maximum Gasteiger partial charge on any atom is 0.326 e. The van der Waals surface area contributed by atoms with Crippen molar-refractivity contribution in [2.45, 2.75) is 200 Å². The first-order valence-electron chi connectivity index (χ1n) is 26.6. The minimum Gasteiger partial charge on any atom is -0.480 e. The zero-order valence-electron chi connectivity index (χ0n) is 42.9. The fourth-order valence-electron chi connectivity index (χ4n) is 7.68. The van der Waals surface area contributed by atoms with E-state index in [4.69, 9.17) is 28.7 Å². The molecule has 0 aliphatic carbocycles. The van der Waals surface area contributed by atoms with Crippen molar-refractivity contribution in [1.29, 1.82) is 0 Å². The summed E-state index contributed by atoms with van der Waals surface area (Å²) in [6.45, 7) is 17.3. The van der Waals surface area contributed by atoms with E-state index in [0.29, 0.717) is 78.4 Å². The molecule has 0 saturated heterocycles. The summed E-state index contributed by atoms with van der Waals surface area (Å²) in [5, 5.41) is 23.4. The molecule has 0 spiro atoms. The van der Waals surface area contributed by atoms with Gasteiger partial charge in [0.05, 0.1) is 52.9 Å². The highest BCUT2D eigenvalue weighted by Crippen LogP contribution is 2.25. The number of aliphatic carboxylic acids is 1. The Morgan fingerprint density at radius 1 is 0.522 bits per heavy atom. The minimum atomic E-state index is -1.70. The van der Waals surface area contributed by atoms with Gasteiger partial charge >= 0.3 is 5.97 Å². The van der Waals surface area contributed by atoms with E-state index >= 15 is 0 Å². The van der Waals surface area contributed by atoms with Gasteiger partial charge in [-0.05, 0) is 64.2 Å². The van der Waals surface area contributed by atoms with Crippen molar-refractivity contribution in [3.63, 3.8) is 0 Å². The van der Waals surface area contributed by atoms with Crippen molar-refractivity contribution in [3.05, 3.63) is 47.6 Å². The number of carboxylic acid groups (broad SMARTS) is 1. The summed E-state index contributed by atoms with van der Waals surface area (Å²) in [7, 11) is -1.70. The summed E-state index contributed by atoms with van der Waals surface area (Å²) in [5.74, 6) is -0.813. The normalized spacial score (nSPS) is 12.7. The molecule has 0 aromatic carbocycles. The minimum absolute atomic E-state index is 0.534. The van der Waals surface area contributed by atoms with Gasteiger partial charge in [0.1, 0.15) is 12.3 Å². The molecule has 0 saturated carbocycles. The van der Waals surface area contributed by atoms with Crippen molar-refractivity contribution in [1.82, 2.24) is 21.3 Å². The van der Waals surface area contributed by atoms with E-state index in [1.807, 2.05) is 0 Å². The molecule has 67 heavy (non-hydrogen) atoms. The van der Waals surface area contributed by atoms with Crippen LogP contribution < -0.4 is 21.3 Å². The molecule has 0 amide bonds. The molecule has 1 unspecified atom stereocenters. The van der Waals surface area contributed by atoms with E-state index in [9.17, 15) is 14.7 Å². The first-order valence-corrected chi connectivity index (χ1v) is 28.1. The number of carbonyl (C=O) groups is 2. The molecule has 0 rings (SSSR count). The number of allylic oxidation sites excluding steroid dienone is 5. The van der Waals surface area contributed by atoms with Crippen molar-refractivity contribution < 1.29 is 43.4 Å². The van der Waals surface area contributed by atoms with Crippen LogP contribution in [-0.2, 0) is 28.5 Å². The Bertz CT molecular complexity index is 1240. The number of hydrogen-bond donors (Lipinski definition) is 7. The molecule has 0 aliphatic rings. The van der Waals surface area contributed by atoms with Crippen molar-refractivity contribution in [2.24, 2.45) is 0 Å². The van der Waals surface area contributed by atoms with Gasteiger partial charge in [0.25, 0.3) is 0 Å². The van der Waals surface area contributed by atoms with Crippen LogP contribution in [0.15, 0.2) is 47.6 Å². The lowest BCUT2D eigenvalue weighted by Crippen LogP contribution is -2.36. The van der Waals surface area contributed by atoms with Gasteiger partial charge in [0, 0.05) is 67.8 Å². The predicted molar refractivity (Wildman–Crippen MR) is 279 cm³/mol. The number of aldehydes is 1. The Hall–Kier alpha value is -2.51. The lowest BCUT2D eigenvalue weighted by molar-refractivity contribution is -0.139. The van der Waals surface area contributed by atoms with Crippen LogP contribution in [0.4, 0.5) is 0 Å². The van der Waals surface area contributed by atoms with Crippen LogP contribution in [-0.4, -0.2) is 112 Å². The highest BCUT2D eigenvalue weighted by atomic mass is 31.2. The van der Waals surface area contributed by atoms with Gasteiger partial charge in [0.2, 0.25) is 0 Å². The Morgan fingerprint density at radius 2 is 0.925 bits per heavy atom. The topological polar surface area (TPSA) is 180 Å². The lowest BCUT2D eigenvalue weighted by Gasteiger charge is -2.18. The number of carbonyl (C=O) groups excluding carboxylic acids is 1. The van der Waals surface area contributed by atoms with Crippen molar-refractivity contribution in [2.75, 3.05) is 78.7 Å². The van der Waals surface area contributed by atoms with Gasteiger partial charge in [0.15, 0.2) is 8.38 Å². The molecule has 1 atom stereocenters. The van der Waals surface area contributed by atoms with Gasteiger partial charge < -0.3 is 59.9 Å². The Kier molecular flexibility index (Phi) is 49.4. The first-order chi connectivity index (χ1) is 32.8. The Balaban J connectivity index is 3.89. The third kappa shape index (κ3) is 47.0. The van der Waals surface area contributed by atoms with Gasteiger partial charge in [-0.2, -0.15) is 0 Å². The highest BCUT2D eigenvalue weighted by molar-refractivity contribution is 7.45. The first kappa shape index (κ1) is 64.5. The molecule has 0 aliphatic heterocycles. The zero-order valence-corrected chi connectivity index (χ0v) is 43.8. The van der Waals surface area contributed by atoms with Crippen molar-refractivity contribution >= 4 is 20.6 Å². The fourth-order valence-corrected chi connectivity index (χ4v) is 8.19. The van der Waals surface area contributed by atoms with Gasteiger partial charge in [-0.3, -0.25) is 0 Å². The predicted octanol–water partition coefficient (Wildman–Crippen LogP) is 11.1. The molecule has 0 aromatic rings. The second-order valence-corrected chi connectivity index (χ2v) is 18.7. The Labute approximate surface area is 410 Å². The number of hydrogen-bond acceptors (Lipinski definition) is 12. The number of nitrogens with one attached hydrogen (secondary N) is 4. The van der Waals surface area contributed by atoms with E-state index < -0.39 is 20.4 Å². The summed E-state index contributed by atoms with van der Waals surface area (Å²) in [5.41, 5.74) is 4.27. The maximum atomic E-state index is 12.0. The average Bonchev–Trinajstić information content (AvgIpc) is 3.30. The summed E-state index contributed by atoms with van der Waals surface area (Å²) in [6, 6.07) is -0.599. The number of rotatable bonds is 54. The van der Waals surface area contributed by atoms with Crippen LogP contribution in [0.1, 0.15) is 194 Å². The molecule has 0 radical (unpaired) electrons. The van der Waals surface area contributed by atoms with E-state index in [2.05, 4.69) is 66.8 Å². The number of carboxylic acids is 1. The van der Waals surface area contributed by atoms with Crippen LogP contribution in [0, 0.1) is 0 Å². The SMILES string of the molecule is C=C(CCCCCCCCCCCCCCCCCCP(O)O)NC(CCCCN/C(=C/CC)CCOCCOCCN/C(=C/CC)CCOCCOCCN/C(=C/CC)CCC=O)C(=O)O. The maximum absolute atomic E-state index is 12.0. The smallest absolute Gasteiger partial charge is 0.326 e. The molecule has 13 nitrogen and oxygen atoms in total. The molecule has 0 fully saturated rings. The molecule has 14 heteroatoms. The second kappa shape index (κ2) is 51.3. The molecular formula is C53H101N4O9P. The standard InChI is InChI=1S/C53H101N4O9P/c1-5-27-49(31-26-38-58)55-36-41-65-45-44-64-40-34-51(29-7-3)56-37-42-66-46-43-63-39-33-50(28-6-2)54-35-24-23-32-52(53(59)60)57-48(4)30-22-20-18-16-14-12-10-8-9-11-13-15-17-19-21-25-47-67(61)62/h27-29,38,52,54-57,61-62H,4-26,30-37,39-47H2,1-3H3,(H,59,60)/b49-27+,50-28+,51-29+. The summed E-state index contributed by atoms with van der Waals surface area (Å²) >= 11 is 0. The van der Waals surface area contributed by atoms with Crippen LogP contribution in [0.3, 0.4) is 0 Å². The largest absolute Gasteiger partial charge is 0.480 e. The van der Waals surface area contributed by atoms with Crippen LogP contribution in [0.25, 0.3) is 0 Å². The van der Waals surface area contributed by atoms with Crippen molar-refractivity contribution in [3.8, 4) is 0 Å². The highest BCUT2D eigenvalue weighted by Gasteiger charge is 2.17. The van der Waals surface area contributed by atoms with E-state index in [1.54, 1.807) is 0 Å². The molecular weight excluding hydrogens is 868 g/mol. The second-order valence-electron chi connectivity index (χ2n) is 17.5. The van der Waals surface area contributed by atoms with Crippen LogP contribution in [0.2, 0.25) is 0 Å². The zero-order chi connectivity index (χ0) is 49.1. The summed E-state index contributed by atoms with van der Waals surface area (Å²) < 4.78 is 23.1. The Morgan fingerprint density at radius 3 is 1.34 bits per heavy atom. The summed E-state index contributed by atoms with van der Waals surface area (Å²) in [6.07, 6.45) is 36.7. The summed E-state index contributed by atoms with van der Waals surface area (Å²) in [4.78, 5) is 40.5. The van der Waals surface area contributed by atoms with Gasteiger partial charge in [-0.1, -0.05) is 135 Å². The molecule has 7 N–H and O–H groups in total. The quantitative estimate of drug-likeness (QED) is 0.0174. The molecule has 0 aromatic heterocycles. The van der Waals surface area contributed by atoms with Gasteiger partial charge in [-0.25, -0.2) is 4.79 Å². The van der Waals surface area contributed by atoms with E-state index in [0.717, 1.165) is 120 Å². The molecule has 392 valence electrons. The average molecular weight is 969 g/mol. The van der Waals surface area contributed by atoms with Crippen LogP contribution >= 0.6 is 8.38 Å². The van der Waals surface area contributed by atoms with E-state index in [1.165, 1.54) is 82.7 Å². The number of unbranched alkanes of at least 4 members (excludes halogenated alkanes) is 16. The fraction of sp³-hybridized carbons (Fsp3) is 0.811. The molecule has 0 bridgehead atoms. The third-order valence-corrected chi connectivity index (χ3v) is 12.1. The lowest BCUT2D eigenvalue weighted by atomic mass is 10.0. The monoisotopic (exact) mass is 969 g/mol. The number of ether oxygens (including phenoxy) is 4.